The van der Waals surface area contributed by atoms with Crippen molar-refractivity contribution in [3.8, 4) is 0 Å². The van der Waals surface area contributed by atoms with Crippen molar-refractivity contribution in [1.82, 2.24) is 10.2 Å². The van der Waals surface area contributed by atoms with Crippen molar-refractivity contribution >= 4 is 40.7 Å². The van der Waals surface area contributed by atoms with Crippen LogP contribution in [0.15, 0.2) is 42.5 Å². The summed E-state index contributed by atoms with van der Waals surface area (Å²) in [5.74, 6) is -0.905. The van der Waals surface area contributed by atoms with Crippen molar-refractivity contribution in [2.75, 3.05) is 25.5 Å². The third-order valence-electron chi connectivity index (χ3n) is 3.78. The largest absolute Gasteiger partial charge is 0.348 e. The third-order valence-corrected chi connectivity index (χ3v) is 4.52. The van der Waals surface area contributed by atoms with Gasteiger partial charge in [0, 0.05) is 5.69 Å². The van der Waals surface area contributed by atoms with Gasteiger partial charge in [-0.25, -0.2) is 4.39 Å². The molecule has 0 aliphatic rings. The molecular formula is C19H20Cl2FN3O2. The highest BCUT2D eigenvalue weighted by Crippen LogP contribution is 2.25. The minimum atomic E-state index is -0.377. The van der Waals surface area contributed by atoms with E-state index in [-0.39, 0.29) is 36.8 Å². The maximum Gasteiger partial charge on any atom is 0.238 e. The van der Waals surface area contributed by atoms with Crippen LogP contribution in [0.3, 0.4) is 0 Å². The van der Waals surface area contributed by atoms with Crippen molar-refractivity contribution in [1.29, 1.82) is 0 Å². The van der Waals surface area contributed by atoms with Crippen LogP contribution in [0.25, 0.3) is 0 Å². The molecule has 0 saturated carbocycles. The Labute approximate surface area is 167 Å². The number of anilines is 1. The zero-order valence-corrected chi connectivity index (χ0v) is 16.4. The van der Waals surface area contributed by atoms with Crippen LogP contribution in [0.1, 0.15) is 18.5 Å². The van der Waals surface area contributed by atoms with Crippen molar-refractivity contribution in [2.45, 2.75) is 13.0 Å². The fraction of sp³-hybridized carbons (Fsp3) is 0.263. The average molecular weight is 412 g/mol. The molecule has 0 spiro atoms. The predicted molar refractivity (Wildman–Crippen MR) is 106 cm³/mol. The van der Waals surface area contributed by atoms with E-state index in [9.17, 15) is 14.0 Å². The number of hydrogen-bond donors (Lipinski definition) is 2. The SMILES string of the molecule is C[C@H](NC(=O)CN(C)CC(=O)Nc1ccc(F)cc1)c1ccc(Cl)c(Cl)c1. The molecule has 2 amide bonds. The molecule has 0 saturated heterocycles. The number of nitrogens with one attached hydrogen (secondary N) is 2. The van der Waals surface area contributed by atoms with E-state index in [2.05, 4.69) is 10.6 Å². The summed E-state index contributed by atoms with van der Waals surface area (Å²) in [6.45, 7) is 1.90. The number of halogens is 3. The number of likely N-dealkylation sites (N-methyl/N-ethyl adjacent to an activating group) is 1. The highest BCUT2D eigenvalue weighted by atomic mass is 35.5. The van der Waals surface area contributed by atoms with E-state index in [1.807, 2.05) is 6.92 Å². The van der Waals surface area contributed by atoms with Gasteiger partial charge < -0.3 is 10.6 Å². The summed E-state index contributed by atoms with van der Waals surface area (Å²) in [6, 6.07) is 10.4. The van der Waals surface area contributed by atoms with Gasteiger partial charge in [0.1, 0.15) is 5.82 Å². The van der Waals surface area contributed by atoms with Crippen LogP contribution in [0.4, 0.5) is 10.1 Å². The first-order valence-corrected chi connectivity index (χ1v) is 8.98. The Balaban J connectivity index is 1.81. The smallest absolute Gasteiger partial charge is 0.238 e. The molecule has 0 fully saturated rings. The van der Waals surface area contributed by atoms with E-state index in [4.69, 9.17) is 23.2 Å². The van der Waals surface area contributed by atoms with Crippen LogP contribution in [0.5, 0.6) is 0 Å². The van der Waals surface area contributed by atoms with Crippen LogP contribution < -0.4 is 10.6 Å². The lowest BCUT2D eigenvalue weighted by molar-refractivity contribution is -0.123. The molecule has 0 radical (unpaired) electrons. The monoisotopic (exact) mass is 411 g/mol. The molecule has 0 unspecified atom stereocenters. The molecule has 144 valence electrons. The standard InChI is InChI=1S/C19H20Cl2FN3O2/c1-12(13-3-8-16(20)17(21)9-13)23-18(26)10-25(2)11-19(27)24-15-6-4-14(22)5-7-15/h3-9,12H,10-11H2,1-2H3,(H,23,26)(H,24,27)/t12-/m0/s1. The van der Waals surface area contributed by atoms with E-state index in [1.165, 1.54) is 24.3 Å². The first-order valence-electron chi connectivity index (χ1n) is 8.23. The van der Waals surface area contributed by atoms with E-state index < -0.39 is 0 Å². The van der Waals surface area contributed by atoms with Gasteiger partial charge in [-0.3, -0.25) is 14.5 Å². The second-order valence-corrected chi connectivity index (χ2v) is 7.00. The minimum Gasteiger partial charge on any atom is -0.348 e. The zero-order valence-electron chi connectivity index (χ0n) is 14.9. The number of rotatable bonds is 7. The lowest BCUT2D eigenvalue weighted by Gasteiger charge is -2.19. The zero-order chi connectivity index (χ0) is 20.0. The van der Waals surface area contributed by atoms with Gasteiger partial charge in [-0.05, 0) is 55.9 Å². The molecule has 5 nitrogen and oxygen atoms in total. The number of carbonyl (C=O) groups excluding carboxylic acids is 2. The Morgan fingerprint density at radius 2 is 1.67 bits per heavy atom. The number of carbonyl (C=O) groups is 2. The number of hydrogen-bond acceptors (Lipinski definition) is 3. The van der Waals surface area contributed by atoms with Gasteiger partial charge in [0.05, 0.1) is 29.2 Å². The van der Waals surface area contributed by atoms with E-state index in [1.54, 1.807) is 30.1 Å². The van der Waals surface area contributed by atoms with Gasteiger partial charge in [0.2, 0.25) is 11.8 Å². The molecule has 0 aromatic heterocycles. The van der Waals surface area contributed by atoms with Crippen molar-refractivity contribution in [3.63, 3.8) is 0 Å². The average Bonchev–Trinajstić information content (AvgIpc) is 2.58. The molecule has 0 heterocycles. The highest BCUT2D eigenvalue weighted by Gasteiger charge is 2.14. The van der Waals surface area contributed by atoms with Crippen molar-refractivity contribution < 1.29 is 14.0 Å². The molecule has 8 heteroatoms. The lowest BCUT2D eigenvalue weighted by atomic mass is 10.1. The second kappa shape index (κ2) is 9.69. The van der Waals surface area contributed by atoms with Crippen LogP contribution >= 0.6 is 23.2 Å². The fourth-order valence-electron chi connectivity index (χ4n) is 2.43. The Morgan fingerprint density at radius 1 is 1.04 bits per heavy atom. The van der Waals surface area contributed by atoms with Crippen molar-refractivity contribution in [2.24, 2.45) is 0 Å². The Hall–Kier alpha value is -2.15. The maximum absolute atomic E-state index is 12.9. The predicted octanol–water partition coefficient (Wildman–Crippen LogP) is 3.88. The van der Waals surface area contributed by atoms with Gasteiger partial charge in [-0.2, -0.15) is 0 Å². The number of benzene rings is 2. The molecule has 0 bridgehead atoms. The summed E-state index contributed by atoms with van der Waals surface area (Å²) in [5.41, 5.74) is 1.32. The molecular weight excluding hydrogens is 392 g/mol. The molecule has 0 aliphatic carbocycles. The van der Waals surface area contributed by atoms with Crippen LogP contribution in [0.2, 0.25) is 10.0 Å². The van der Waals surface area contributed by atoms with Gasteiger partial charge >= 0.3 is 0 Å². The first kappa shape index (κ1) is 21.2. The summed E-state index contributed by atoms with van der Waals surface area (Å²) in [4.78, 5) is 25.8. The normalized spacial score (nSPS) is 11.9. The topological polar surface area (TPSA) is 61.4 Å². The van der Waals surface area contributed by atoms with Gasteiger partial charge in [0.15, 0.2) is 0 Å². The fourth-order valence-corrected chi connectivity index (χ4v) is 2.74. The molecule has 27 heavy (non-hydrogen) atoms. The Kier molecular flexibility index (Phi) is 7.59. The van der Waals surface area contributed by atoms with Crippen LogP contribution in [0, 0.1) is 5.82 Å². The molecule has 2 aromatic rings. The summed E-state index contributed by atoms with van der Waals surface area (Å²) in [5, 5.41) is 6.36. The Morgan fingerprint density at radius 3 is 2.30 bits per heavy atom. The van der Waals surface area contributed by atoms with E-state index in [0.717, 1.165) is 5.56 Å². The van der Waals surface area contributed by atoms with Gasteiger partial charge in [0.25, 0.3) is 0 Å². The van der Waals surface area contributed by atoms with Crippen LogP contribution in [-0.2, 0) is 9.59 Å². The summed E-state index contributed by atoms with van der Waals surface area (Å²) in [6.07, 6.45) is 0. The van der Waals surface area contributed by atoms with Crippen molar-refractivity contribution in [3.05, 3.63) is 63.9 Å². The molecule has 2 N–H and O–H groups in total. The molecule has 2 aromatic carbocycles. The quantitative estimate of drug-likeness (QED) is 0.726. The van der Waals surface area contributed by atoms with Crippen LogP contribution in [-0.4, -0.2) is 36.9 Å². The van der Waals surface area contributed by atoms with Gasteiger partial charge in [-0.15, -0.1) is 0 Å². The van der Waals surface area contributed by atoms with E-state index >= 15 is 0 Å². The second-order valence-electron chi connectivity index (χ2n) is 6.19. The highest BCUT2D eigenvalue weighted by molar-refractivity contribution is 6.42. The summed E-state index contributed by atoms with van der Waals surface area (Å²) >= 11 is 11.9. The molecule has 0 aliphatic heterocycles. The Bertz CT molecular complexity index is 815. The lowest BCUT2D eigenvalue weighted by Crippen LogP contribution is -2.39. The number of nitrogens with zero attached hydrogens (tertiary/aromatic N) is 1. The summed E-state index contributed by atoms with van der Waals surface area (Å²) < 4.78 is 12.9. The van der Waals surface area contributed by atoms with Gasteiger partial charge in [-0.1, -0.05) is 29.3 Å². The maximum atomic E-state index is 12.9. The number of amides is 2. The third kappa shape index (κ3) is 6.82. The molecule has 1 atom stereocenters. The van der Waals surface area contributed by atoms with E-state index in [0.29, 0.717) is 15.7 Å². The summed E-state index contributed by atoms with van der Waals surface area (Å²) in [7, 11) is 1.66. The first-order chi connectivity index (χ1) is 12.7. The molecule has 2 rings (SSSR count). The minimum absolute atomic E-state index is 0.0198.